The first-order valence-corrected chi connectivity index (χ1v) is 11.1. The highest BCUT2D eigenvalue weighted by molar-refractivity contribution is 7.98. The van der Waals surface area contributed by atoms with Crippen LogP contribution in [0.2, 0.25) is 0 Å². The van der Waals surface area contributed by atoms with Crippen LogP contribution in [-0.4, -0.2) is 17.1 Å². The fourth-order valence-electron chi connectivity index (χ4n) is 3.08. The zero-order valence-electron chi connectivity index (χ0n) is 17.8. The second-order valence-electron chi connectivity index (χ2n) is 7.04. The maximum absolute atomic E-state index is 12.5. The first-order valence-electron chi connectivity index (χ1n) is 10.1. The summed E-state index contributed by atoms with van der Waals surface area (Å²) in [4.78, 5) is 19.8. The van der Waals surface area contributed by atoms with Crippen molar-refractivity contribution >= 4 is 11.8 Å². The lowest BCUT2D eigenvalue weighted by atomic mass is 10.1. The van der Waals surface area contributed by atoms with Gasteiger partial charge in [0, 0.05) is 22.4 Å². The molecule has 5 nitrogen and oxygen atoms in total. The average Bonchev–Trinajstić information content (AvgIpc) is 2.87. The van der Waals surface area contributed by atoms with Gasteiger partial charge >= 0.3 is 0 Å². The Morgan fingerprint density at radius 1 is 0.939 bits per heavy atom. The van der Waals surface area contributed by atoms with Crippen LogP contribution in [0.4, 0.5) is 0 Å². The van der Waals surface area contributed by atoms with Crippen LogP contribution < -0.4 is 10.3 Å². The van der Waals surface area contributed by atoms with E-state index in [-0.39, 0.29) is 5.56 Å². The summed E-state index contributed by atoms with van der Waals surface area (Å²) in [6, 6.07) is 26.8. The van der Waals surface area contributed by atoms with E-state index < -0.39 is 5.56 Å². The molecule has 3 aromatic carbocycles. The summed E-state index contributed by atoms with van der Waals surface area (Å²) in [5, 5.41) is 9.98. The van der Waals surface area contributed by atoms with E-state index in [1.54, 1.807) is 7.11 Å². The molecule has 4 aromatic rings. The highest BCUT2D eigenvalue weighted by atomic mass is 32.2. The number of methoxy groups -OCH3 is 1. The monoisotopic (exact) mass is 449 g/mol. The summed E-state index contributed by atoms with van der Waals surface area (Å²) < 4.78 is 5.18. The number of nitriles is 1. The second-order valence-corrected chi connectivity index (χ2v) is 8.00. The van der Waals surface area contributed by atoms with Crippen molar-refractivity contribution in [1.29, 1.82) is 5.26 Å². The highest BCUT2D eigenvalue weighted by Crippen LogP contribution is 2.25. The molecular formula is C27H19N3O2S. The minimum Gasteiger partial charge on any atom is -0.497 e. The lowest BCUT2D eigenvalue weighted by molar-refractivity contribution is 0.414. The number of aromatic nitrogens is 2. The van der Waals surface area contributed by atoms with Gasteiger partial charge in [-0.15, -0.1) is 0 Å². The fraction of sp³-hybridized carbons (Fsp3) is 0.0741. The number of nitrogens with one attached hydrogen (secondary N) is 1. The van der Waals surface area contributed by atoms with Crippen molar-refractivity contribution in [2.24, 2.45) is 0 Å². The summed E-state index contributed by atoms with van der Waals surface area (Å²) in [6.07, 6.45) is 0. The smallest absolute Gasteiger partial charge is 0.270 e. The number of H-pyrrole nitrogens is 1. The summed E-state index contributed by atoms with van der Waals surface area (Å²) >= 11 is 1.40. The fourth-order valence-corrected chi connectivity index (χ4v) is 3.90. The molecule has 0 aliphatic rings. The van der Waals surface area contributed by atoms with E-state index >= 15 is 0 Å². The third-order valence-corrected chi connectivity index (χ3v) is 5.77. The van der Waals surface area contributed by atoms with E-state index in [0.29, 0.717) is 22.2 Å². The number of rotatable bonds is 5. The minimum absolute atomic E-state index is 0.00748. The van der Waals surface area contributed by atoms with Crippen molar-refractivity contribution in [1.82, 2.24) is 9.97 Å². The Balaban J connectivity index is 1.57. The molecule has 0 saturated heterocycles. The standard InChI is InChI=1S/C27H19N3O2S/c1-32-23-15-11-21(12-16-23)18-33-27-29-25(24(17-28)26(31)30-27)22-13-9-20(10-14-22)8-7-19-5-3-2-4-6-19/h2-6,9-16H,18H2,1H3,(H,29,30,31). The van der Waals surface area contributed by atoms with Crippen molar-refractivity contribution in [3.8, 4) is 34.9 Å². The summed E-state index contributed by atoms with van der Waals surface area (Å²) in [7, 11) is 1.62. The van der Waals surface area contributed by atoms with Crippen LogP contribution in [0.5, 0.6) is 5.75 Å². The Labute approximate surface area is 196 Å². The summed E-state index contributed by atoms with van der Waals surface area (Å²) in [6.45, 7) is 0. The molecule has 1 aromatic heterocycles. The van der Waals surface area contributed by atoms with Gasteiger partial charge in [-0.1, -0.05) is 66.1 Å². The SMILES string of the molecule is COc1ccc(CSc2nc(-c3ccc(C#Cc4ccccc4)cc3)c(C#N)c(=O)[nH]2)cc1. The van der Waals surface area contributed by atoms with Crippen molar-refractivity contribution in [2.75, 3.05) is 7.11 Å². The van der Waals surface area contributed by atoms with E-state index in [1.807, 2.05) is 84.9 Å². The molecule has 1 heterocycles. The van der Waals surface area contributed by atoms with Gasteiger partial charge in [0.1, 0.15) is 17.4 Å². The molecule has 4 rings (SSSR count). The number of hydrogen-bond donors (Lipinski definition) is 1. The molecule has 0 bridgehead atoms. The van der Waals surface area contributed by atoms with E-state index in [4.69, 9.17) is 4.74 Å². The van der Waals surface area contributed by atoms with Gasteiger partial charge in [0.05, 0.1) is 12.8 Å². The van der Waals surface area contributed by atoms with E-state index in [0.717, 1.165) is 22.4 Å². The molecule has 33 heavy (non-hydrogen) atoms. The molecule has 0 aliphatic heterocycles. The Morgan fingerprint density at radius 3 is 2.24 bits per heavy atom. The Bertz CT molecular complexity index is 1410. The first-order chi connectivity index (χ1) is 16.2. The molecule has 0 saturated carbocycles. The van der Waals surface area contributed by atoms with Gasteiger partial charge in [0.15, 0.2) is 5.16 Å². The maximum atomic E-state index is 12.5. The topological polar surface area (TPSA) is 78.8 Å². The zero-order chi connectivity index (χ0) is 23.0. The van der Waals surface area contributed by atoms with Crippen LogP contribution in [0.15, 0.2) is 88.8 Å². The van der Waals surface area contributed by atoms with Gasteiger partial charge in [-0.3, -0.25) is 4.79 Å². The molecule has 1 N–H and O–H groups in total. The van der Waals surface area contributed by atoms with Gasteiger partial charge in [-0.05, 0) is 42.0 Å². The Hall–Kier alpha value is -4.26. The summed E-state index contributed by atoms with van der Waals surface area (Å²) in [5.74, 6) is 7.64. The second kappa shape index (κ2) is 10.4. The summed E-state index contributed by atoms with van der Waals surface area (Å²) in [5.41, 5.74) is 3.42. The molecule has 0 amide bonds. The largest absolute Gasteiger partial charge is 0.497 e. The van der Waals surface area contributed by atoms with Gasteiger partial charge in [0.2, 0.25) is 0 Å². The number of ether oxygens (including phenoxy) is 1. The number of hydrogen-bond acceptors (Lipinski definition) is 5. The van der Waals surface area contributed by atoms with Crippen LogP contribution in [0.3, 0.4) is 0 Å². The minimum atomic E-state index is -0.451. The lowest BCUT2D eigenvalue weighted by Gasteiger charge is -2.07. The third-order valence-electron chi connectivity index (χ3n) is 4.83. The van der Waals surface area contributed by atoms with E-state index in [2.05, 4.69) is 21.8 Å². The van der Waals surface area contributed by atoms with Crippen molar-refractivity contribution in [2.45, 2.75) is 10.9 Å². The molecular weight excluding hydrogens is 430 g/mol. The third kappa shape index (κ3) is 5.51. The lowest BCUT2D eigenvalue weighted by Crippen LogP contribution is -2.14. The molecule has 0 aliphatic carbocycles. The molecule has 160 valence electrons. The van der Waals surface area contributed by atoms with Crippen LogP contribution in [0, 0.1) is 23.2 Å². The molecule has 0 unspecified atom stereocenters. The molecule has 6 heteroatoms. The number of thioether (sulfide) groups is 1. The van der Waals surface area contributed by atoms with Crippen molar-refractivity contribution < 1.29 is 4.74 Å². The Morgan fingerprint density at radius 2 is 1.61 bits per heavy atom. The highest BCUT2D eigenvalue weighted by Gasteiger charge is 2.14. The van der Waals surface area contributed by atoms with Gasteiger partial charge in [-0.2, -0.15) is 5.26 Å². The number of nitrogens with zero attached hydrogens (tertiary/aromatic N) is 2. The van der Waals surface area contributed by atoms with Crippen LogP contribution in [0.1, 0.15) is 22.3 Å². The molecule has 0 spiro atoms. The maximum Gasteiger partial charge on any atom is 0.270 e. The van der Waals surface area contributed by atoms with Gasteiger partial charge in [-0.25, -0.2) is 4.98 Å². The van der Waals surface area contributed by atoms with Gasteiger partial charge in [0.25, 0.3) is 5.56 Å². The molecule has 0 fully saturated rings. The number of benzene rings is 3. The quantitative estimate of drug-likeness (QED) is 0.263. The van der Waals surface area contributed by atoms with E-state index in [9.17, 15) is 10.1 Å². The van der Waals surface area contributed by atoms with Crippen molar-refractivity contribution in [3.05, 3.63) is 111 Å². The zero-order valence-corrected chi connectivity index (χ0v) is 18.6. The predicted octanol–water partition coefficient (Wildman–Crippen LogP) is 5.01. The first kappa shape index (κ1) is 22.0. The van der Waals surface area contributed by atoms with E-state index in [1.165, 1.54) is 11.8 Å². The normalized spacial score (nSPS) is 10.1. The average molecular weight is 450 g/mol. The van der Waals surface area contributed by atoms with Crippen LogP contribution >= 0.6 is 11.8 Å². The van der Waals surface area contributed by atoms with Crippen LogP contribution in [-0.2, 0) is 5.75 Å². The number of aromatic amines is 1. The van der Waals surface area contributed by atoms with Gasteiger partial charge < -0.3 is 9.72 Å². The Kier molecular flexibility index (Phi) is 6.90. The molecule has 0 atom stereocenters. The predicted molar refractivity (Wildman–Crippen MR) is 130 cm³/mol. The van der Waals surface area contributed by atoms with Crippen LogP contribution in [0.25, 0.3) is 11.3 Å². The molecule has 0 radical (unpaired) electrons. The van der Waals surface area contributed by atoms with Crippen molar-refractivity contribution in [3.63, 3.8) is 0 Å².